The SMILES string of the molecule is Cc1nn(CC(C)C(=O)NC(C)c2ccccc2)c(C)c1Br. The van der Waals surface area contributed by atoms with E-state index < -0.39 is 0 Å². The fourth-order valence-electron chi connectivity index (χ4n) is 2.38. The molecule has 2 atom stereocenters. The van der Waals surface area contributed by atoms with Crippen LogP contribution in [0, 0.1) is 19.8 Å². The number of halogens is 1. The number of aromatic nitrogens is 2. The molecule has 0 fully saturated rings. The predicted octanol–water partition coefficient (Wildman–Crippen LogP) is 3.78. The summed E-state index contributed by atoms with van der Waals surface area (Å²) in [6.45, 7) is 8.46. The molecule has 2 rings (SSSR count). The van der Waals surface area contributed by atoms with Crippen LogP contribution >= 0.6 is 15.9 Å². The van der Waals surface area contributed by atoms with Crippen LogP contribution in [0.15, 0.2) is 34.8 Å². The molecule has 1 heterocycles. The average molecular weight is 364 g/mol. The van der Waals surface area contributed by atoms with Crippen LogP contribution in [0.3, 0.4) is 0 Å². The summed E-state index contributed by atoms with van der Waals surface area (Å²) < 4.78 is 2.90. The van der Waals surface area contributed by atoms with Crippen LogP contribution in [0.1, 0.15) is 36.8 Å². The molecule has 1 aromatic heterocycles. The fourth-order valence-corrected chi connectivity index (χ4v) is 2.66. The third-order valence-corrected chi connectivity index (χ3v) is 4.99. The first-order valence-corrected chi connectivity index (χ1v) is 8.24. The van der Waals surface area contributed by atoms with E-state index in [0.29, 0.717) is 6.54 Å². The summed E-state index contributed by atoms with van der Waals surface area (Å²) in [5.41, 5.74) is 3.10. The highest BCUT2D eigenvalue weighted by molar-refractivity contribution is 9.10. The Balaban J connectivity index is 1.99. The number of aryl methyl sites for hydroxylation is 1. The van der Waals surface area contributed by atoms with Gasteiger partial charge in [0.25, 0.3) is 0 Å². The highest BCUT2D eigenvalue weighted by atomic mass is 79.9. The molecule has 0 radical (unpaired) electrons. The van der Waals surface area contributed by atoms with Crippen molar-refractivity contribution in [2.24, 2.45) is 5.92 Å². The minimum Gasteiger partial charge on any atom is -0.349 e. The third kappa shape index (κ3) is 3.77. The molecule has 0 spiro atoms. The Morgan fingerprint density at radius 1 is 1.27 bits per heavy atom. The van der Waals surface area contributed by atoms with Gasteiger partial charge in [-0.2, -0.15) is 5.10 Å². The molecule has 0 saturated carbocycles. The van der Waals surface area contributed by atoms with Crippen LogP contribution in [0.4, 0.5) is 0 Å². The maximum atomic E-state index is 12.4. The average Bonchev–Trinajstić information content (AvgIpc) is 2.75. The van der Waals surface area contributed by atoms with E-state index in [1.165, 1.54) is 0 Å². The van der Waals surface area contributed by atoms with Crippen LogP contribution in [0.25, 0.3) is 0 Å². The Bertz CT molecular complexity index is 651. The van der Waals surface area contributed by atoms with Crippen LogP contribution < -0.4 is 5.32 Å². The molecule has 1 N–H and O–H groups in total. The quantitative estimate of drug-likeness (QED) is 0.878. The molecular weight excluding hydrogens is 342 g/mol. The van der Waals surface area contributed by atoms with E-state index in [-0.39, 0.29) is 17.9 Å². The van der Waals surface area contributed by atoms with Crippen LogP contribution in [0.5, 0.6) is 0 Å². The van der Waals surface area contributed by atoms with Crippen molar-refractivity contribution < 1.29 is 4.79 Å². The number of nitrogens with one attached hydrogen (secondary N) is 1. The van der Waals surface area contributed by atoms with Crippen molar-refractivity contribution in [2.75, 3.05) is 0 Å². The van der Waals surface area contributed by atoms with Gasteiger partial charge in [0.05, 0.1) is 28.7 Å². The van der Waals surface area contributed by atoms with Gasteiger partial charge in [0.15, 0.2) is 0 Å². The maximum Gasteiger partial charge on any atom is 0.225 e. The summed E-state index contributed by atoms with van der Waals surface area (Å²) >= 11 is 3.51. The van der Waals surface area contributed by atoms with E-state index in [0.717, 1.165) is 21.4 Å². The Morgan fingerprint density at radius 3 is 2.45 bits per heavy atom. The predicted molar refractivity (Wildman–Crippen MR) is 91.6 cm³/mol. The zero-order chi connectivity index (χ0) is 16.3. The molecule has 1 amide bonds. The number of carbonyl (C=O) groups is 1. The lowest BCUT2D eigenvalue weighted by molar-refractivity contribution is -0.125. The van der Waals surface area contributed by atoms with Crippen molar-refractivity contribution in [3.05, 3.63) is 51.8 Å². The van der Waals surface area contributed by atoms with Crippen molar-refractivity contribution in [1.82, 2.24) is 15.1 Å². The van der Waals surface area contributed by atoms with Gasteiger partial charge < -0.3 is 5.32 Å². The minimum absolute atomic E-state index is 0.00309. The summed E-state index contributed by atoms with van der Waals surface area (Å²) in [4.78, 5) is 12.4. The lowest BCUT2D eigenvalue weighted by Gasteiger charge is -2.18. The van der Waals surface area contributed by atoms with E-state index in [2.05, 4.69) is 26.3 Å². The number of benzene rings is 1. The molecule has 4 nitrogen and oxygen atoms in total. The summed E-state index contributed by atoms with van der Waals surface area (Å²) in [6, 6.07) is 9.98. The molecule has 0 saturated heterocycles. The van der Waals surface area contributed by atoms with Crippen molar-refractivity contribution in [3.63, 3.8) is 0 Å². The first-order chi connectivity index (χ1) is 10.4. The van der Waals surface area contributed by atoms with E-state index in [1.807, 2.05) is 62.7 Å². The van der Waals surface area contributed by atoms with Gasteiger partial charge in [0.2, 0.25) is 5.91 Å². The van der Waals surface area contributed by atoms with Crippen LogP contribution in [0.2, 0.25) is 0 Å². The molecule has 2 unspecified atom stereocenters. The largest absolute Gasteiger partial charge is 0.349 e. The zero-order valence-corrected chi connectivity index (χ0v) is 15.0. The number of rotatable bonds is 5. The number of nitrogens with zero attached hydrogens (tertiary/aromatic N) is 2. The molecule has 118 valence electrons. The second-order valence-electron chi connectivity index (χ2n) is 5.71. The smallest absolute Gasteiger partial charge is 0.225 e. The van der Waals surface area contributed by atoms with Crippen molar-refractivity contribution in [1.29, 1.82) is 0 Å². The molecule has 0 aliphatic heterocycles. The van der Waals surface area contributed by atoms with E-state index in [4.69, 9.17) is 0 Å². The van der Waals surface area contributed by atoms with Crippen molar-refractivity contribution in [3.8, 4) is 0 Å². The molecule has 0 aliphatic carbocycles. The van der Waals surface area contributed by atoms with Gasteiger partial charge in [0.1, 0.15) is 0 Å². The Kier molecular flexibility index (Phi) is 5.40. The standard InChI is InChI=1S/C17H22BrN3O/c1-11(10-21-14(4)16(18)13(3)20-21)17(22)19-12(2)15-8-6-5-7-9-15/h5-9,11-12H,10H2,1-4H3,(H,19,22). The van der Waals surface area contributed by atoms with Gasteiger partial charge in [-0.05, 0) is 42.3 Å². The zero-order valence-electron chi connectivity index (χ0n) is 13.4. The van der Waals surface area contributed by atoms with Gasteiger partial charge in [0, 0.05) is 5.69 Å². The van der Waals surface area contributed by atoms with E-state index in [9.17, 15) is 4.79 Å². The van der Waals surface area contributed by atoms with E-state index in [1.54, 1.807) is 0 Å². The normalized spacial score (nSPS) is 13.7. The highest BCUT2D eigenvalue weighted by Gasteiger charge is 2.19. The molecule has 2 aromatic rings. The topological polar surface area (TPSA) is 46.9 Å². The molecule has 0 aliphatic rings. The Hall–Kier alpha value is -1.62. The molecule has 22 heavy (non-hydrogen) atoms. The minimum atomic E-state index is -0.143. The molecular formula is C17H22BrN3O. The number of carbonyl (C=O) groups excluding carboxylic acids is 1. The van der Waals surface area contributed by atoms with Crippen molar-refractivity contribution >= 4 is 21.8 Å². The number of hydrogen-bond donors (Lipinski definition) is 1. The summed E-state index contributed by atoms with van der Waals surface area (Å²) in [7, 11) is 0. The van der Waals surface area contributed by atoms with Crippen molar-refractivity contribution in [2.45, 2.75) is 40.3 Å². The Morgan fingerprint density at radius 2 is 1.91 bits per heavy atom. The maximum absolute atomic E-state index is 12.4. The van der Waals surface area contributed by atoms with Gasteiger partial charge in [-0.1, -0.05) is 37.3 Å². The van der Waals surface area contributed by atoms with Crippen LogP contribution in [-0.2, 0) is 11.3 Å². The first kappa shape index (κ1) is 16.7. The number of hydrogen-bond acceptors (Lipinski definition) is 2. The lowest BCUT2D eigenvalue weighted by atomic mass is 10.1. The lowest BCUT2D eigenvalue weighted by Crippen LogP contribution is -2.33. The monoisotopic (exact) mass is 363 g/mol. The summed E-state index contributed by atoms with van der Waals surface area (Å²) in [5.74, 6) is -0.101. The third-order valence-electron chi connectivity index (χ3n) is 3.85. The second-order valence-corrected chi connectivity index (χ2v) is 6.50. The summed E-state index contributed by atoms with van der Waals surface area (Å²) in [5, 5.41) is 7.52. The second kappa shape index (κ2) is 7.09. The molecule has 0 bridgehead atoms. The van der Waals surface area contributed by atoms with Gasteiger partial charge in [-0.3, -0.25) is 9.48 Å². The number of amides is 1. The first-order valence-electron chi connectivity index (χ1n) is 7.45. The van der Waals surface area contributed by atoms with Crippen LogP contribution in [-0.4, -0.2) is 15.7 Å². The van der Waals surface area contributed by atoms with Gasteiger partial charge in [-0.15, -0.1) is 0 Å². The molecule has 5 heteroatoms. The van der Waals surface area contributed by atoms with E-state index >= 15 is 0 Å². The van der Waals surface area contributed by atoms with Gasteiger partial charge >= 0.3 is 0 Å². The Labute approximate surface area is 140 Å². The van der Waals surface area contributed by atoms with Gasteiger partial charge in [-0.25, -0.2) is 0 Å². The molecule has 1 aromatic carbocycles. The summed E-state index contributed by atoms with van der Waals surface area (Å²) in [6.07, 6.45) is 0. The fraction of sp³-hybridized carbons (Fsp3) is 0.412. The highest BCUT2D eigenvalue weighted by Crippen LogP contribution is 2.21.